The van der Waals surface area contributed by atoms with E-state index in [1.54, 1.807) is 24.3 Å². The highest BCUT2D eigenvalue weighted by Crippen LogP contribution is 2.15. The number of nitrogens with one attached hydrogen (secondary N) is 2. The molecule has 2 aromatic rings. The van der Waals surface area contributed by atoms with E-state index in [0.29, 0.717) is 32.1 Å². The van der Waals surface area contributed by atoms with E-state index in [2.05, 4.69) is 20.4 Å². The van der Waals surface area contributed by atoms with Crippen molar-refractivity contribution in [3.63, 3.8) is 0 Å². The van der Waals surface area contributed by atoms with Gasteiger partial charge in [0, 0.05) is 26.7 Å². The summed E-state index contributed by atoms with van der Waals surface area (Å²) in [7, 11) is 1.87. The molecule has 10 heteroatoms. The number of alkyl halides is 2. The predicted molar refractivity (Wildman–Crippen MR) is 117 cm³/mol. The van der Waals surface area contributed by atoms with Crippen molar-refractivity contribution in [3.8, 4) is 5.75 Å². The van der Waals surface area contributed by atoms with Gasteiger partial charge in [-0.1, -0.05) is 12.1 Å². The van der Waals surface area contributed by atoms with E-state index in [9.17, 15) is 13.6 Å². The Morgan fingerprint density at radius 2 is 1.97 bits per heavy atom. The lowest BCUT2D eigenvalue weighted by Crippen LogP contribution is -2.39. The summed E-state index contributed by atoms with van der Waals surface area (Å²) in [6.07, 6.45) is 1.44. The zero-order valence-electron chi connectivity index (χ0n) is 16.2. The molecule has 0 saturated heterocycles. The quantitative estimate of drug-likeness (QED) is 0.229. The first-order chi connectivity index (χ1) is 13.5. The van der Waals surface area contributed by atoms with Gasteiger partial charge in [0.1, 0.15) is 5.75 Å². The van der Waals surface area contributed by atoms with Crippen LogP contribution in [-0.2, 0) is 6.54 Å². The van der Waals surface area contributed by atoms with Gasteiger partial charge in [-0.25, -0.2) is 0 Å². The van der Waals surface area contributed by atoms with Crippen molar-refractivity contribution in [1.29, 1.82) is 0 Å². The van der Waals surface area contributed by atoms with Gasteiger partial charge in [0.05, 0.1) is 12.8 Å². The Morgan fingerprint density at radius 1 is 1.24 bits per heavy atom. The second-order valence-corrected chi connectivity index (χ2v) is 5.85. The number of rotatable bonds is 9. The number of hydrogen-bond acceptors (Lipinski definition) is 4. The largest absolute Gasteiger partial charge is 0.459 e. The third kappa shape index (κ3) is 8.67. The average molecular weight is 522 g/mol. The molecule has 0 radical (unpaired) electrons. The molecule has 2 N–H and O–H groups in total. The second kappa shape index (κ2) is 13.0. The molecule has 160 valence electrons. The minimum Gasteiger partial charge on any atom is -0.459 e. The maximum Gasteiger partial charge on any atom is 0.387 e. The van der Waals surface area contributed by atoms with Crippen molar-refractivity contribution in [2.75, 3.05) is 26.7 Å². The van der Waals surface area contributed by atoms with Crippen LogP contribution in [0.25, 0.3) is 0 Å². The van der Waals surface area contributed by atoms with Crippen LogP contribution in [0.2, 0.25) is 0 Å². The normalized spacial score (nSPS) is 11.0. The number of guanidine groups is 1. The number of nitrogens with zero attached hydrogens (tertiary/aromatic N) is 2. The van der Waals surface area contributed by atoms with Gasteiger partial charge < -0.3 is 24.7 Å². The van der Waals surface area contributed by atoms with Gasteiger partial charge in [-0.2, -0.15) is 8.78 Å². The molecule has 0 saturated carbocycles. The fourth-order valence-corrected chi connectivity index (χ4v) is 2.42. The van der Waals surface area contributed by atoms with Crippen LogP contribution in [0.4, 0.5) is 8.78 Å². The topological polar surface area (TPSA) is 79.1 Å². The van der Waals surface area contributed by atoms with E-state index in [-0.39, 0.29) is 41.4 Å². The summed E-state index contributed by atoms with van der Waals surface area (Å²) in [6, 6.07) is 9.70. The maximum atomic E-state index is 12.2. The fourth-order valence-electron chi connectivity index (χ4n) is 2.42. The van der Waals surface area contributed by atoms with Gasteiger partial charge in [0.2, 0.25) is 0 Å². The minimum atomic E-state index is -2.84. The van der Waals surface area contributed by atoms with Crippen molar-refractivity contribution < 1.29 is 22.7 Å². The Balaban J connectivity index is 0.00000420. The molecule has 0 unspecified atom stereocenters. The summed E-state index contributed by atoms with van der Waals surface area (Å²) in [5.41, 5.74) is 0.917. The van der Waals surface area contributed by atoms with Crippen molar-refractivity contribution in [3.05, 3.63) is 54.0 Å². The Bertz CT molecular complexity index is 755. The molecule has 0 bridgehead atoms. The highest BCUT2D eigenvalue weighted by Gasteiger charge is 2.09. The van der Waals surface area contributed by atoms with Crippen LogP contribution in [0.1, 0.15) is 23.0 Å². The molecular formula is C19H25F2IN4O3. The maximum absolute atomic E-state index is 12.2. The van der Waals surface area contributed by atoms with Gasteiger partial charge in [-0.3, -0.25) is 9.79 Å². The third-order valence-corrected chi connectivity index (χ3v) is 3.67. The summed E-state index contributed by atoms with van der Waals surface area (Å²) in [5, 5.41) is 5.91. The average Bonchev–Trinajstić information content (AvgIpc) is 3.20. The lowest BCUT2D eigenvalue weighted by atomic mass is 10.2. The van der Waals surface area contributed by atoms with Gasteiger partial charge >= 0.3 is 6.61 Å². The first-order valence-corrected chi connectivity index (χ1v) is 8.84. The van der Waals surface area contributed by atoms with Crippen LogP contribution in [0.15, 0.2) is 52.1 Å². The van der Waals surface area contributed by atoms with E-state index in [4.69, 9.17) is 4.42 Å². The minimum absolute atomic E-state index is 0. The van der Waals surface area contributed by atoms with E-state index in [1.165, 1.54) is 18.4 Å². The van der Waals surface area contributed by atoms with E-state index >= 15 is 0 Å². The second-order valence-electron chi connectivity index (χ2n) is 5.85. The molecule has 1 aromatic carbocycles. The molecule has 7 nitrogen and oxygen atoms in total. The van der Waals surface area contributed by atoms with Crippen LogP contribution < -0.4 is 15.4 Å². The summed E-state index contributed by atoms with van der Waals surface area (Å²) in [6.45, 7) is 1.08. The summed E-state index contributed by atoms with van der Waals surface area (Å²) in [5.74, 6) is 0.758. The lowest BCUT2D eigenvalue weighted by Gasteiger charge is -2.22. The van der Waals surface area contributed by atoms with E-state index in [0.717, 1.165) is 5.56 Å². The van der Waals surface area contributed by atoms with Crippen LogP contribution in [0, 0.1) is 0 Å². The molecule has 1 heterocycles. The van der Waals surface area contributed by atoms with Gasteiger partial charge in [0.15, 0.2) is 11.7 Å². The fraction of sp³-hybridized carbons (Fsp3) is 0.368. The molecule has 1 aromatic heterocycles. The zero-order valence-corrected chi connectivity index (χ0v) is 18.6. The predicted octanol–water partition coefficient (Wildman–Crippen LogP) is 3.33. The van der Waals surface area contributed by atoms with Crippen molar-refractivity contribution >= 4 is 35.8 Å². The molecule has 2 rings (SSSR count). The van der Waals surface area contributed by atoms with E-state index < -0.39 is 6.61 Å². The lowest BCUT2D eigenvalue weighted by molar-refractivity contribution is -0.0498. The molecule has 0 atom stereocenters. The summed E-state index contributed by atoms with van der Waals surface area (Å²) >= 11 is 0. The van der Waals surface area contributed by atoms with Crippen LogP contribution in [-0.4, -0.2) is 50.1 Å². The number of furan rings is 1. The van der Waals surface area contributed by atoms with Crippen molar-refractivity contribution in [2.24, 2.45) is 4.99 Å². The zero-order chi connectivity index (χ0) is 20.4. The monoisotopic (exact) mass is 522 g/mol. The number of carbonyl (C=O) groups is 1. The first kappa shape index (κ1) is 24.7. The molecule has 0 fully saturated rings. The molecule has 0 spiro atoms. The number of halogens is 3. The number of benzene rings is 1. The highest BCUT2D eigenvalue weighted by molar-refractivity contribution is 14.0. The molecular weight excluding hydrogens is 497 g/mol. The standard InChI is InChI=1S/C19H24F2N4O3.HI/c1-3-22-19(24-11-10-23-17(26)16-5-4-12-27-16)25(2)13-14-6-8-15(9-7-14)28-18(20)21;/h4-9,12,18H,3,10-11,13H2,1-2H3,(H,22,24)(H,23,26);1H. The molecule has 0 aliphatic heterocycles. The van der Waals surface area contributed by atoms with Crippen LogP contribution in [0.5, 0.6) is 5.75 Å². The SMILES string of the molecule is CCNC(=NCCNC(=O)c1ccco1)N(C)Cc1ccc(OC(F)F)cc1.I. The molecule has 0 aliphatic carbocycles. The number of ether oxygens (including phenoxy) is 1. The Kier molecular flexibility index (Phi) is 11.0. The third-order valence-electron chi connectivity index (χ3n) is 3.67. The van der Waals surface area contributed by atoms with Gasteiger partial charge in [0.25, 0.3) is 5.91 Å². The molecule has 1 amide bonds. The first-order valence-electron chi connectivity index (χ1n) is 8.84. The van der Waals surface area contributed by atoms with Crippen LogP contribution in [0.3, 0.4) is 0 Å². The van der Waals surface area contributed by atoms with Gasteiger partial charge in [-0.15, -0.1) is 24.0 Å². The number of amides is 1. The number of carbonyl (C=O) groups excluding carboxylic acids is 1. The number of aliphatic imine (C=N–C) groups is 1. The Labute approximate surface area is 185 Å². The Morgan fingerprint density at radius 3 is 2.55 bits per heavy atom. The Hall–Kier alpha value is -2.37. The molecule has 29 heavy (non-hydrogen) atoms. The summed E-state index contributed by atoms with van der Waals surface area (Å²) in [4.78, 5) is 18.2. The summed E-state index contributed by atoms with van der Waals surface area (Å²) < 4.78 is 33.8. The smallest absolute Gasteiger partial charge is 0.387 e. The highest BCUT2D eigenvalue weighted by atomic mass is 127. The van der Waals surface area contributed by atoms with Gasteiger partial charge in [-0.05, 0) is 36.8 Å². The van der Waals surface area contributed by atoms with Crippen LogP contribution >= 0.6 is 24.0 Å². The molecule has 0 aliphatic rings. The number of hydrogen-bond donors (Lipinski definition) is 2. The van der Waals surface area contributed by atoms with Crippen molar-refractivity contribution in [1.82, 2.24) is 15.5 Å². The van der Waals surface area contributed by atoms with E-state index in [1.807, 2.05) is 18.9 Å². The van der Waals surface area contributed by atoms with Crippen molar-refractivity contribution in [2.45, 2.75) is 20.1 Å².